The largest absolute Gasteiger partial charge is 0.368 e. The van der Waals surface area contributed by atoms with Gasteiger partial charge in [0, 0.05) is 6.54 Å². The Kier molecular flexibility index (Phi) is 7.28. The molecule has 0 bridgehead atoms. The number of nitrogens with zero attached hydrogens (tertiary/aromatic N) is 1. The number of carbonyl (C=O) groups excluding carboxylic acids is 2. The molecule has 4 nitrogen and oxygen atoms in total. The van der Waals surface area contributed by atoms with Crippen LogP contribution in [0.5, 0.6) is 0 Å². The van der Waals surface area contributed by atoms with Crippen LogP contribution in [-0.4, -0.2) is 41.3 Å². The number of thioether (sulfide) groups is 1. The number of nitrogens with two attached hydrogens (primary N) is 1. The molecule has 1 aliphatic carbocycles. The molecule has 2 amide bonds. The van der Waals surface area contributed by atoms with Crippen molar-refractivity contribution < 1.29 is 9.59 Å². The molecule has 110 valence electrons. The Hall–Kier alpha value is -0.710. The van der Waals surface area contributed by atoms with Crippen molar-refractivity contribution in [1.82, 2.24) is 4.90 Å². The quantitative estimate of drug-likeness (QED) is 0.779. The first-order valence-electron chi connectivity index (χ1n) is 7.14. The molecule has 0 aromatic rings. The summed E-state index contributed by atoms with van der Waals surface area (Å²) in [6.07, 6.45) is 9.37. The number of primary amides is 1. The second-order valence-corrected chi connectivity index (χ2v) is 6.58. The molecule has 1 atom stereocenters. The van der Waals surface area contributed by atoms with Gasteiger partial charge in [-0.25, -0.2) is 0 Å². The van der Waals surface area contributed by atoms with E-state index in [2.05, 4.69) is 0 Å². The maximum Gasteiger partial charge on any atom is 0.237 e. The summed E-state index contributed by atoms with van der Waals surface area (Å²) in [7, 11) is 0. The molecule has 0 spiro atoms. The molecule has 0 aliphatic heterocycles. The lowest BCUT2D eigenvalue weighted by atomic mass is 9.87. The smallest absolute Gasteiger partial charge is 0.237 e. The van der Waals surface area contributed by atoms with Crippen LogP contribution in [0.25, 0.3) is 0 Å². The fraction of sp³-hybridized carbons (Fsp3) is 0.857. The van der Waals surface area contributed by atoms with Gasteiger partial charge in [-0.2, -0.15) is 11.8 Å². The first kappa shape index (κ1) is 16.3. The van der Waals surface area contributed by atoms with Gasteiger partial charge in [0.2, 0.25) is 11.8 Å². The zero-order valence-electron chi connectivity index (χ0n) is 12.1. The van der Waals surface area contributed by atoms with Crippen LogP contribution >= 0.6 is 11.8 Å². The van der Waals surface area contributed by atoms with E-state index >= 15 is 0 Å². The summed E-state index contributed by atoms with van der Waals surface area (Å²) in [5, 5.41) is -0.106. The molecule has 0 unspecified atom stereocenters. The number of carbonyl (C=O) groups is 2. The van der Waals surface area contributed by atoms with Crippen molar-refractivity contribution in [2.75, 3.05) is 19.3 Å². The van der Waals surface area contributed by atoms with Crippen molar-refractivity contribution in [2.24, 2.45) is 11.7 Å². The molecule has 0 aromatic carbocycles. The monoisotopic (exact) mass is 286 g/mol. The fourth-order valence-corrected chi connectivity index (χ4v) is 2.98. The summed E-state index contributed by atoms with van der Waals surface area (Å²) in [5.41, 5.74) is 5.24. The van der Waals surface area contributed by atoms with Gasteiger partial charge >= 0.3 is 0 Å². The first-order chi connectivity index (χ1) is 9.04. The highest BCUT2D eigenvalue weighted by Crippen LogP contribution is 2.26. The summed E-state index contributed by atoms with van der Waals surface area (Å²) < 4.78 is 0. The summed E-state index contributed by atoms with van der Waals surface area (Å²) >= 11 is 1.51. The Morgan fingerprint density at radius 2 is 1.95 bits per heavy atom. The van der Waals surface area contributed by atoms with Gasteiger partial charge in [-0.3, -0.25) is 9.59 Å². The van der Waals surface area contributed by atoms with Crippen LogP contribution in [0.1, 0.15) is 45.4 Å². The molecule has 1 aliphatic rings. The second kappa shape index (κ2) is 8.46. The van der Waals surface area contributed by atoms with Crippen LogP contribution in [0.15, 0.2) is 0 Å². The Morgan fingerprint density at radius 1 is 1.32 bits per heavy atom. The molecule has 19 heavy (non-hydrogen) atoms. The maximum absolute atomic E-state index is 12.2. The van der Waals surface area contributed by atoms with Crippen LogP contribution in [0.3, 0.4) is 0 Å². The van der Waals surface area contributed by atoms with E-state index in [0.717, 1.165) is 6.42 Å². The van der Waals surface area contributed by atoms with E-state index in [9.17, 15) is 9.59 Å². The van der Waals surface area contributed by atoms with Crippen molar-refractivity contribution in [3.05, 3.63) is 0 Å². The van der Waals surface area contributed by atoms with Crippen LogP contribution in [-0.2, 0) is 9.59 Å². The Morgan fingerprint density at radius 3 is 2.47 bits per heavy atom. The van der Waals surface area contributed by atoms with E-state index in [-0.39, 0.29) is 17.7 Å². The highest BCUT2D eigenvalue weighted by atomic mass is 32.2. The number of rotatable bonds is 7. The van der Waals surface area contributed by atoms with E-state index in [1.54, 1.807) is 4.90 Å². The van der Waals surface area contributed by atoms with E-state index in [1.807, 2.05) is 13.2 Å². The molecule has 5 heteroatoms. The Bertz CT molecular complexity index is 304. The van der Waals surface area contributed by atoms with Crippen molar-refractivity contribution >= 4 is 23.6 Å². The lowest BCUT2D eigenvalue weighted by Gasteiger charge is -2.27. The number of amides is 2. The summed E-state index contributed by atoms with van der Waals surface area (Å²) in [6.45, 7) is 2.59. The normalized spacial score (nSPS) is 18.0. The topological polar surface area (TPSA) is 63.4 Å². The zero-order chi connectivity index (χ0) is 14.3. The molecule has 0 radical (unpaired) electrons. The minimum absolute atomic E-state index is 0.0297. The van der Waals surface area contributed by atoms with Crippen molar-refractivity contribution in [2.45, 2.75) is 50.7 Å². The lowest BCUT2D eigenvalue weighted by Crippen LogP contribution is -2.43. The third-order valence-electron chi connectivity index (χ3n) is 3.89. The highest BCUT2D eigenvalue weighted by Gasteiger charge is 2.22. The molecule has 1 rings (SSSR count). The summed E-state index contributed by atoms with van der Waals surface area (Å²) in [6, 6.07) is 0. The third-order valence-corrected chi connectivity index (χ3v) is 4.80. The van der Waals surface area contributed by atoms with Gasteiger partial charge < -0.3 is 10.6 Å². The predicted octanol–water partition coefficient (Wildman–Crippen LogP) is 2.02. The van der Waals surface area contributed by atoms with Crippen molar-refractivity contribution in [1.29, 1.82) is 0 Å². The minimum Gasteiger partial charge on any atom is -0.368 e. The molecular weight excluding hydrogens is 260 g/mol. The lowest BCUT2D eigenvalue weighted by molar-refractivity contribution is -0.134. The average molecular weight is 286 g/mol. The van der Waals surface area contributed by atoms with E-state index in [0.29, 0.717) is 12.5 Å². The Labute approximate surface area is 120 Å². The van der Waals surface area contributed by atoms with Crippen molar-refractivity contribution in [3.63, 3.8) is 0 Å². The summed E-state index contributed by atoms with van der Waals surface area (Å²) in [4.78, 5) is 24.9. The van der Waals surface area contributed by atoms with E-state index < -0.39 is 5.91 Å². The summed E-state index contributed by atoms with van der Waals surface area (Å²) in [5.74, 6) is 0.314. The maximum atomic E-state index is 12.2. The molecule has 0 saturated heterocycles. The van der Waals surface area contributed by atoms with Gasteiger partial charge in [0.15, 0.2) is 0 Å². The van der Waals surface area contributed by atoms with Gasteiger partial charge in [-0.05, 0) is 25.5 Å². The average Bonchev–Trinajstić information content (AvgIpc) is 2.42. The van der Waals surface area contributed by atoms with Crippen LogP contribution in [0.2, 0.25) is 0 Å². The van der Waals surface area contributed by atoms with Gasteiger partial charge in [-0.15, -0.1) is 0 Å². The van der Waals surface area contributed by atoms with Gasteiger partial charge in [0.1, 0.15) is 0 Å². The minimum atomic E-state index is -0.426. The zero-order valence-corrected chi connectivity index (χ0v) is 12.9. The molecule has 0 aromatic heterocycles. The van der Waals surface area contributed by atoms with Crippen LogP contribution in [0.4, 0.5) is 0 Å². The fourth-order valence-electron chi connectivity index (χ4n) is 2.63. The van der Waals surface area contributed by atoms with Crippen molar-refractivity contribution in [3.8, 4) is 0 Å². The molecule has 2 N–H and O–H groups in total. The second-order valence-electron chi connectivity index (χ2n) is 5.40. The molecule has 1 fully saturated rings. The van der Waals surface area contributed by atoms with Gasteiger partial charge in [0.25, 0.3) is 0 Å². The van der Waals surface area contributed by atoms with Crippen LogP contribution in [0, 0.1) is 5.92 Å². The van der Waals surface area contributed by atoms with Gasteiger partial charge in [-0.1, -0.05) is 32.1 Å². The molecular formula is C14H26N2O2S. The SMILES string of the molecule is CS[C@H](C)C(=O)N(CCC1CCCCC1)CC(N)=O. The van der Waals surface area contributed by atoms with E-state index in [1.165, 1.54) is 43.9 Å². The number of hydrogen-bond donors (Lipinski definition) is 1. The molecule has 0 heterocycles. The van der Waals surface area contributed by atoms with Gasteiger partial charge in [0.05, 0.1) is 11.8 Å². The molecule has 1 saturated carbocycles. The first-order valence-corrected chi connectivity index (χ1v) is 8.43. The van der Waals surface area contributed by atoms with Crippen LogP contribution < -0.4 is 5.73 Å². The highest BCUT2D eigenvalue weighted by molar-refractivity contribution is 7.99. The third kappa shape index (κ3) is 5.85. The standard InChI is InChI=1S/C14H26N2O2S/c1-11(19-2)14(18)16(10-13(15)17)9-8-12-6-4-3-5-7-12/h11-12H,3-10H2,1-2H3,(H2,15,17)/t11-/m1/s1. The predicted molar refractivity (Wildman–Crippen MR) is 79.9 cm³/mol. The van der Waals surface area contributed by atoms with E-state index in [4.69, 9.17) is 5.73 Å². The number of hydrogen-bond acceptors (Lipinski definition) is 3. The Balaban J connectivity index is 2.48.